The zero-order valence-electron chi connectivity index (χ0n) is 8.40. The van der Waals surface area contributed by atoms with Gasteiger partial charge in [-0.3, -0.25) is 0 Å². The van der Waals surface area contributed by atoms with E-state index in [9.17, 15) is 5.11 Å². The molecule has 0 aliphatic heterocycles. The molecule has 0 aliphatic carbocycles. The number of hydrogen-bond donors (Lipinski definition) is 2. The number of nitrogens with two attached hydrogens (primary N) is 1. The molecule has 2 rings (SSSR count). The number of nitrogen functional groups attached to an aromatic ring is 1. The average Bonchev–Trinajstić information content (AvgIpc) is 2.59. The molecule has 0 radical (unpaired) electrons. The van der Waals surface area contributed by atoms with Crippen LogP contribution in [0.4, 0.5) is 6.01 Å². The minimum atomic E-state index is 0.158. The lowest BCUT2D eigenvalue weighted by Crippen LogP contribution is -1.85. The van der Waals surface area contributed by atoms with Crippen molar-refractivity contribution in [1.29, 1.82) is 0 Å². The Bertz CT molecular complexity index is 477. The van der Waals surface area contributed by atoms with E-state index < -0.39 is 0 Å². The summed E-state index contributed by atoms with van der Waals surface area (Å²) < 4.78 is 5.24. The number of aryl methyl sites for hydroxylation is 1. The van der Waals surface area contributed by atoms with Gasteiger partial charge in [-0.15, -0.1) is 0 Å². The highest BCUT2D eigenvalue weighted by atomic mass is 16.4. The molecule has 4 nitrogen and oxygen atoms in total. The summed E-state index contributed by atoms with van der Waals surface area (Å²) >= 11 is 0. The fraction of sp³-hybridized carbons (Fsp3) is 0.182. The first-order valence-electron chi connectivity index (χ1n) is 4.75. The molecule has 0 amide bonds. The zero-order chi connectivity index (χ0) is 10.8. The summed E-state index contributed by atoms with van der Waals surface area (Å²) in [4.78, 5) is 4.09. The number of hydrogen-bond acceptors (Lipinski definition) is 4. The molecule has 0 aliphatic rings. The average molecular weight is 204 g/mol. The standard InChI is InChI=1S/C11H12N2O2/c1-2-9-10(13-11(12)15-9)7-4-3-5-8(14)6-7/h3-6,14H,2H2,1H3,(H2,12,13). The Morgan fingerprint density at radius 2 is 2.27 bits per heavy atom. The fourth-order valence-electron chi connectivity index (χ4n) is 1.49. The molecular formula is C11H12N2O2. The summed E-state index contributed by atoms with van der Waals surface area (Å²) in [7, 11) is 0. The smallest absolute Gasteiger partial charge is 0.292 e. The van der Waals surface area contributed by atoms with Gasteiger partial charge in [0.15, 0.2) is 0 Å². The SMILES string of the molecule is CCc1oc(N)nc1-c1cccc(O)c1. The van der Waals surface area contributed by atoms with Gasteiger partial charge in [-0.05, 0) is 12.1 Å². The van der Waals surface area contributed by atoms with E-state index in [1.54, 1.807) is 18.2 Å². The summed E-state index contributed by atoms with van der Waals surface area (Å²) in [6, 6.07) is 7.02. The largest absolute Gasteiger partial charge is 0.508 e. The molecule has 3 N–H and O–H groups in total. The van der Waals surface area contributed by atoms with Crippen molar-refractivity contribution in [2.24, 2.45) is 0 Å². The van der Waals surface area contributed by atoms with Crippen LogP contribution in [0, 0.1) is 0 Å². The van der Waals surface area contributed by atoms with Crippen LogP contribution in [-0.4, -0.2) is 10.1 Å². The highest BCUT2D eigenvalue weighted by Crippen LogP contribution is 2.27. The third-order valence-electron chi connectivity index (χ3n) is 2.15. The van der Waals surface area contributed by atoms with Gasteiger partial charge in [0.2, 0.25) is 0 Å². The normalized spacial score (nSPS) is 10.5. The van der Waals surface area contributed by atoms with E-state index in [2.05, 4.69) is 4.98 Å². The fourth-order valence-corrected chi connectivity index (χ4v) is 1.49. The van der Waals surface area contributed by atoms with Crippen molar-refractivity contribution < 1.29 is 9.52 Å². The summed E-state index contributed by atoms with van der Waals surface area (Å²) in [6.45, 7) is 1.96. The second kappa shape index (κ2) is 3.65. The second-order valence-corrected chi connectivity index (χ2v) is 3.23. The van der Waals surface area contributed by atoms with E-state index in [1.165, 1.54) is 0 Å². The number of aromatic hydroxyl groups is 1. The van der Waals surface area contributed by atoms with Gasteiger partial charge in [0, 0.05) is 12.0 Å². The lowest BCUT2D eigenvalue weighted by Gasteiger charge is -1.99. The van der Waals surface area contributed by atoms with Crippen molar-refractivity contribution in [3.05, 3.63) is 30.0 Å². The molecular weight excluding hydrogens is 192 g/mol. The van der Waals surface area contributed by atoms with E-state index in [-0.39, 0.29) is 11.8 Å². The van der Waals surface area contributed by atoms with Crippen molar-refractivity contribution in [3.8, 4) is 17.0 Å². The van der Waals surface area contributed by atoms with Gasteiger partial charge in [-0.2, -0.15) is 4.98 Å². The van der Waals surface area contributed by atoms with Gasteiger partial charge in [0.25, 0.3) is 6.01 Å². The van der Waals surface area contributed by atoms with Gasteiger partial charge in [-0.1, -0.05) is 19.1 Å². The molecule has 0 saturated heterocycles. The maximum Gasteiger partial charge on any atom is 0.292 e. The molecule has 0 saturated carbocycles. The molecule has 15 heavy (non-hydrogen) atoms. The first kappa shape index (κ1) is 9.58. The minimum Gasteiger partial charge on any atom is -0.508 e. The lowest BCUT2D eigenvalue weighted by atomic mass is 10.1. The maximum atomic E-state index is 9.36. The highest BCUT2D eigenvalue weighted by molar-refractivity contribution is 5.64. The molecule has 1 aromatic carbocycles. The molecule has 0 fully saturated rings. The highest BCUT2D eigenvalue weighted by Gasteiger charge is 2.11. The second-order valence-electron chi connectivity index (χ2n) is 3.23. The summed E-state index contributed by atoms with van der Waals surface area (Å²) in [5.74, 6) is 0.939. The molecule has 0 spiro atoms. The first-order chi connectivity index (χ1) is 7.20. The van der Waals surface area contributed by atoms with Crippen LogP contribution in [-0.2, 0) is 6.42 Å². The van der Waals surface area contributed by atoms with Crippen LogP contribution in [0.5, 0.6) is 5.75 Å². The molecule has 4 heteroatoms. The number of phenolic OH excluding ortho intramolecular Hbond substituents is 1. The van der Waals surface area contributed by atoms with E-state index in [1.807, 2.05) is 13.0 Å². The Morgan fingerprint density at radius 1 is 1.47 bits per heavy atom. The number of nitrogens with zero attached hydrogens (tertiary/aromatic N) is 1. The van der Waals surface area contributed by atoms with E-state index in [4.69, 9.17) is 10.2 Å². The Kier molecular flexibility index (Phi) is 2.33. The van der Waals surface area contributed by atoms with Crippen molar-refractivity contribution in [3.63, 3.8) is 0 Å². The number of anilines is 1. The predicted molar refractivity (Wildman–Crippen MR) is 57.4 cm³/mol. The number of benzene rings is 1. The molecule has 1 heterocycles. The number of phenols is 1. The quantitative estimate of drug-likeness (QED) is 0.786. The van der Waals surface area contributed by atoms with Crippen LogP contribution >= 0.6 is 0 Å². The van der Waals surface area contributed by atoms with Gasteiger partial charge in [0.05, 0.1) is 0 Å². The minimum absolute atomic E-state index is 0.158. The van der Waals surface area contributed by atoms with Crippen molar-refractivity contribution in [2.75, 3.05) is 5.73 Å². The molecule has 1 aromatic heterocycles. The van der Waals surface area contributed by atoms with E-state index in [0.29, 0.717) is 5.69 Å². The monoisotopic (exact) mass is 204 g/mol. The topological polar surface area (TPSA) is 72.3 Å². The molecule has 0 atom stereocenters. The van der Waals surface area contributed by atoms with Crippen LogP contribution in [0.15, 0.2) is 28.7 Å². The van der Waals surface area contributed by atoms with Gasteiger partial charge < -0.3 is 15.3 Å². The molecule has 0 unspecified atom stereocenters. The molecule has 78 valence electrons. The number of rotatable bonds is 2. The Labute approximate surface area is 87.4 Å². The van der Waals surface area contributed by atoms with E-state index in [0.717, 1.165) is 17.7 Å². The number of aromatic nitrogens is 1. The van der Waals surface area contributed by atoms with Gasteiger partial charge in [0.1, 0.15) is 17.2 Å². The third-order valence-corrected chi connectivity index (χ3v) is 2.15. The first-order valence-corrected chi connectivity index (χ1v) is 4.75. The maximum absolute atomic E-state index is 9.36. The van der Waals surface area contributed by atoms with Crippen LogP contribution in [0.25, 0.3) is 11.3 Å². The van der Waals surface area contributed by atoms with E-state index >= 15 is 0 Å². The van der Waals surface area contributed by atoms with Crippen LogP contribution in [0.2, 0.25) is 0 Å². The van der Waals surface area contributed by atoms with Crippen LogP contribution in [0.3, 0.4) is 0 Å². The van der Waals surface area contributed by atoms with Crippen LogP contribution < -0.4 is 5.73 Å². The summed E-state index contributed by atoms with van der Waals surface area (Å²) in [6.07, 6.45) is 0.717. The zero-order valence-corrected chi connectivity index (χ0v) is 8.40. The van der Waals surface area contributed by atoms with Gasteiger partial charge >= 0.3 is 0 Å². The van der Waals surface area contributed by atoms with Gasteiger partial charge in [-0.25, -0.2) is 0 Å². The lowest BCUT2D eigenvalue weighted by molar-refractivity contribution is 0.475. The Hall–Kier alpha value is -1.97. The van der Waals surface area contributed by atoms with Crippen LogP contribution in [0.1, 0.15) is 12.7 Å². The predicted octanol–water partition coefficient (Wildman–Crippen LogP) is 2.19. The van der Waals surface area contributed by atoms with Crippen molar-refractivity contribution >= 4 is 6.01 Å². The van der Waals surface area contributed by atoms with Crippen molar-refractivity contribution in [1.82, 2.24) is 4.98 Å². The molecule has 0 bridgehead atoms. The third kappa shape index (κ3) is 1.79. The molecule has 2 aromatic rings. The Morgan fingerprint density at radius 3 is 2.93 bits per heavy atom. The number of oxazole rings is 1. The summed E-state index contributed by atoms with van der Waals surface area (Å²) in [5, 5.41) is 9.36. The Balaban J connectivity index is 2.53. The summed E-state index contributed by atoms with van der Waals surface area (Å²) in [5.41, 5.74) is 7.00. The van der Waals surface area contributed by atoms with Crippen molar-refractivity contribution in [2.45, 2.75) is 13.3 Å².